The number of aromatic nitrogens is 3. The molecule has 1 aliphatic heterocycles. The summed E-state index contributed by atoms with van der Waals surface area (Å²) in [7, 11) is 0. The molecule has 0 bridgehead atoms. The van der Waals surface area contributed by atoms with Crippen LogP contribution in [-0.4, -0.2) is 50.9 Å². The monoisotopic (exact) mass is 433 g/mol. The number of hydrogen-bond donors (Lipinski definition) is 1. The molecule has 154 valence electrons. The van der Waals surface area contributed by atoms with Crippen LogP contribution in [0.1, 0.15) is 42.9 Å². The van der Waals surface area contributed by atoms with Crippen molar-refractivity contribution in [1.29, 1.82) is 0 Å². The Morgan fingerprint density at radius 2 is 2.14 bits per heavy atom. The zero-order valence-corrected chi connectivity index (χ0v) is 18.0. The molecule has 1 saturated heterocycles. The number of thiophene rings is 1. The summed E-state index contributed by atoms with van der Waals surface area (Å²) in [6.07, 6.45) is 3.73. The maximum Gasteiger partial charge on any atom is 0.271 e. The van der Waals surface area contributed by atoms with E-state index in [2.05, 4.69) is 34.3 Å². The molecule has 1 N–H and O–H groups in total. The number of halogens is 1. The minimum Gasteiger partial charge on any atom is -0.355 e. The van der Waals surface area contributed by atoms with Crippen molar-refractivity contribution in [2.45, 2.75) is 45.3 Å². The van der Waals surface area contributed by atoms with E-state index in [1.807, 2.05) is 18.2 Å². The van der Waals surface area contributed by atoms with Crippen molar-refractivity contribution >= 4 is 28.8 Å². The van der Waals surface area contributed by atoms with Gasteiger partial charge in [-0.05, 0) is 44.9 Å². The third-order valence-corrected chi connectivity index (χ3v) is 6.41. The van der Waals surface area contributed by atoms with Crippen molar-refractivity contribution in [3.05, 3.63) is 46.2 Å². The van der Waals surface area contributed by atoms with Gasteiger partial charge >= 0.3 is 0 Å². The van der Waals surface area contributed by atoms with Crippen molar-refractivity contribution in [2.24, 2.45) is 0 Å². The fourth-order valence-corrected chi connectivity index (χ4v) is 4.50. The largest absolute Gasteiger partial charge is 0.355 e. The fourth-order valence-electron chi connectivity index (χ4n) is 3.51. The van der Waals surface area contributed by atoms with Crippen molar-refractivity contribution in [3.8, 4) is 10.6 Å². The van der Waals surface area contributed by atoms with Crippen LogP contribution < -0.4 is 5.32 Å². The molecule has 29 heavy (non-hydrogen) atoms. The maximum absolute atomic E-state index is 12.5. The quantitative estimate of drug-likeness (QED) is 0.637. The second kappa shape index (κ2) is 8.69. The predicted molar refractivity (Wildman–Crippen MR) is 113 cm³/mol. The maximum atomic E-state index is 12.5. The van der Waals surface area contributed by atoms with E-state index < -0.39 is 0 Å². The highest BCUT2D eigenvalue weighted by atomic mass is 35.5. The van der Waals surface area contributed by atoms with E-state index in [1.165, 1.54) is 11.3 Å². The zero-order chi connectivity index (χ0) is 20.4. The Balaban J connectivity index is 1.33. The first kappa shape index (κ1) is 20.1. The lowest BCUT2D eigenvalue weighted by atomic mass is 10.0. The fraction of sp³-hybridized carbons (Fsp3) is 0.450. The standard InChI is InChI=1S/C20H24ClN5O2S/c1-13(2)25-8-5-14(6-9-25)22-20(27)16-7-10-26(23-16)12-15-11-17(28-24-15)18-3-4-19(21)29-18/h3-4,7,10-11,13-14H,5-6,8-9,12H2,1-2H3,(H,22,27). The normalized spacial score (nSPS) is 15.9. The molecule has 0 unspecified atom stereocenters. The molecule has 0 aromatic carbocycles. The van der Waals surface area contributed by atoms with Crippen LogP contribution in [-0.2, 0) is 6.54 Å². The van der Waals surface area contributed by atoms with Gasteiger partial charge in [-0.3, -0.25) is 9.48 Å². The number of carbonyl (C=O) groups excluding carboxylic acids is 1. The highest BCUT2D eigenvalue weighted by molar-refractivity contribution is 7.19. The number of hydrogen-bond acceptors (Lipinski definition) is 6. The second-order valence-electron chi connectivity index (χ2n) is 7.56. The van der Waals surface area contributed by atoms with Crippen molar-refractivity contribution < 1.29 is 9.32 Å². The van der Waals surface area contributed by atoms with Crippen LogP contribution in [0.4, 0.5) is 0 Å². The molecular weight excluding hydrogens is 410 g/mol. The highest BCUT2D eigenvalue weighted by Crippen LogP contribution is 2.31. The predicted octanol–water partition coefficient (Wildman–Crippen LogP) is 3.90. The van der Waals surface area contributed by atoms with Gasteiger partial charge in [-0.25, -0.2) is 0 Å². The SMILES string of the molecule is CC(C)N1CCC(NC(=O)c2ccn(Cc3cc(-c4ccc(Cl)s4)on3)n2)CC1. The second-order valence-corrected chi connectivity index (χ2v) is 9.28. The summed E-state index contributed by atoms with van der Waals surface area (Å²) in [5.74, 6) is 0.551. The number of piperidine rings is 1. The zero-order valence-electron chi connectivity index (χ0n) is 16.5. The molecule has 1 fully saturated rings. The molecule has 3 aromatic rings. The van der Waals surface area contributed by atoms with Crippen LogP contribution in [0.2, 0.25) is 4.34 Å². The van der Waals surface area contributed by atoms with Gasteiger partial charge in [0, 0.05) is 37.4 Å². The number of amides is 1. The smallest absolute Gasteiger partial charge is 0.271 e. The highest BCUT2D eigenvalue weighted by Gasteiger charge is 2.23. The molecule has 0 aliphatic carbocycles. The first-order chi connectivity index (χ1) is 14.0. The number of likely N-dealkylation sites (tertiary alicyclic amines) is 1. The molecular formula is C20H24ClN5O2S. The Bertz CT molecular complexity index is 971. The molecule has 4 rings (SSSR count). The Kier molecular flexibility index (Phi) is 6.03. The minimum absolute atomic E-state index is 0.124. The summed E-state index contributed by atoms with van der Waals surface area (Å²) in [5.41, 5.74) is 1.16. The van der Waals surface area contributed by atoms with Gasteiger partial charge < -0.3 is 14.7 Å². The first-order valence-corrected chi connectivity index (χ1v) is 11.0. The van der Waals surface area contributed by atoms with E-state index in [-0.39, 0.29) is 11.9 Å². The minimum atomic E-state index is -0.124. The van der Waals surface area contributed by atoms with Crippen LogP contribution >= 0.6 is 22.9 Å². The Labute approximate surface area is 178 Å². The lowest BCUT2D eigenvalue weighted by Gasteiger charge is -2.34. The van der Waals surface area contributed by atoms with E-state index >= 15 is 0 Å². The molecule has 1 aliphatic rings. The number of carbonyl (C=O) groups is 1. The van der Waals surface area contributed by atoms with Gasteiger partial charge in [0.25, 0.3) is 5.91 Å². The molecule has 0 saturated carbocycles. The Hall–Kier alpha value is -2.16. The van der Waals surface area contributed by atoms with E-state index in [4.69, 9.17) is 16.1 Å². The van der Waals surface area contributed by atoms with Crippen LogP contribution in [0.5, 0.6) is 0 Å². The lowest BCUT2D eigenvalue weighted by molar-refractivity contribution is 0.0895. The molecule has 3 aromatic heterocycles. The molecule has 0 atom stereocenters. The van der Waals surface area contributed by atoms with Gasteiger partial charge in [0.05, 0.1) is 15.8 Å². The van der Waals surface area contributed by atoms with Crippen molar-refractivity contribution in [2.75, 3.05) is 13.1 Å². The molecule has 1 amide bonds. The van der Waals surface area contributed by atoms with E-state index in [9.17, 15) is 4.79 Å². The van der Waals surface area contributed by atoms with Gasteiger partial charge in [0.1, 0.15) is 11.4 Å². The third-order valence-electron chi connectivity index (χ3n) is 5.17. The molecule has 4 heterocycles. The van der Waals surface area contributed by atoms with E-state index in [0.717, 1.165) is 36.5 Å². The Morgan fingerprint density at radius 3 is 2.83 bits per heavy atom. The number of nitrogens with one attached hydrogen (secondary N) is 1. The van der Waals surface area contributed by atoms with Gasteiger partial charge in [-0.2, -0.15) is 5.10 Å². The van der Waals surface area contributed by atoms with E-state index in [1.54, 1.807) is 16.9 Å². The summed E-state index contributed by atoms with van der Waals surface area (Å²) in [4.78, 5) is 15.9. The van der Waals surface area contributed by atoms with Crippen LogP contribution in [0.25, 0.3) is 10.6 Å². The summed E-state index contributed by atoms with van der Waals surface area (Å²) >= 11 is 7.41. The third kappa shape index (κ3) is 4.88. The molecule has 0 spiro atoms. The number of nitrogens with zero attached hydrogens (tertiary/aromatic N) is 4. The van der Waals surface area contributed by atoms with Gasteiger partial charge in [0.2, 0.25) is 0 Å². The summed E-state index contributed by atoms with van der Waals surface area (Å²) in [6.45, 7) is 6.88. The van der Waals surface area contributed by atoms with Crippen molar-refractivity contribution in [1.82, 2.24) is 25.2 Å². The van der Waals surface area contributed by atoms with Gasteiger partial charge in [-0.1, -0.05) is 16.8 Å². The average Bonchev–Trinajstić information content (AvgIpc) is 3.43. The summed E-state index contributed by atoms with van der Waals surface area (Å²) < 4.78 is 7.79. The van der Waals surface area contributed by atoms with Gasteiger partial charge in [0.15, 0.2) is 5.76 Å². The van der Waals surface area contributed by atoms with Crippen LogP contribution in [0.3, 0.4) is 0 Å². The summed E-state index contributed by atoms with van der Waals surface area (Å²) in [5, 5.41) is 11.6. The molecule has 7 nitrogen and oxygen atoms in total. The summed E-state index contributed by atoms with van der Waals surface area (Å²) in [6, 6.07) is 8.09. The van der Waals surface area contributed by atoms with Crippen LogP contribution in [0, 0.1) is 0 Å². The topological polar surface area (TPSA) is 76.2 Å². The lowest BCUT2D eigenvalue weighted by Crippen LogP contribution is -2.46. The van der Waals surface area contributed by atoms with Crippen molar-refractivity contribution in [3.63, 3.8) is 0 Å². The molecule has 0 radical (unpaired) electrons. The van der Waals surface area contributed by atoms with E-state index in [0.29, 0.717) is 28.4 Å². The Morgan fingerprint density at radius 1 is 1.34 bits per heavy atom. The van der Waals surface area contributed by atoms with Gasteiger partial charge in [-0.15, -0.1) is 11.3 Å². The number of rotatable bonds is 6. The molecule has 9 heteroatoms. The average molecular weight is 434 g/mol. The van der Waals surface area contributed by atoms with Crippen LogP contribution in [0.15, 0.2) is 35.0 Å². The first-order valence-electron chi connectivity index (χ1n) is 9.77.